The molecule has 1 aliphatic heterocycles. The third-order valence-electron chi connectivity index (χ3n) is 9.61. The quantitative estimate of drug-likeness (QED) is 0.334. The highest BCUT2D eigenvalue weighted by molar-refractivity contribution is 5.92. The monoisotopic (exact) mass is 537 g/mol. The fourth-order valence-corrected chi connectivity index (χ4v) is 7.22. The van der Waals surface area contributed by atoms with E-state index in [4.69, 9.17) is 15.2 Å². The van der Waals surface area contributed by atoms with Gasteiger partial charge in [-0.05, 0) is 91.7 Å². The van der Waals surface area contributed by atoms with Gasteiger partial charge in [0.05, 0.1) is 22.5 Å². The van der Waals surface area contributed by atoms with Crippen molar-refractivity contribution < 1.29 is 9.84 Å². The second-order valence-corrected chi connectivity index (χ2v) is 13.2. The van der Waals surface area contributed by atoms with Gasteiger partial charge in [0.25, 0.3) is 0 Å². The van der Waals surface area contributed by atoms with E-state index in [0.717, 1.165) is 93.0 Å². The summed E-state index contributed by atoms with van der Waals surface area (Å²) < 4.78 is 8.23. The number of fused-ring (bicyclic) bond motifs is 4. The predicted molar refractivity (Wildman–Crippen MR) is 156 cm³/mol. The summed E-state index contributed by atoms with van der Waals surface area (Å²) in [5.74, 6) is 0.756. The van der Waals surface area contributed by atoms with Gasteiger partial charge in [-0.25, -0.2) is 4.98 Å². The first-order valence-corrected chi connectivity index (χ1v) is 14.5. The Bertz CT molecular complexity index is 1210. The zero-order chi connectivity index (χ0) is 28.2. The Morgan fingerprint density at radius 2 is 1.87 bits per heavy atom. The molecule has 1 atom stereocenters. The van der Waals surface area contributed by atoms with Crippen molar-refractivity contribution in [2.24, 2.45) is 5.41 Å². The van der Waals surface area contributed by atoms with Gasteiger partial charge < -0.3 is 25.5 Å². The maximum Gasteiger partial charge on any atom is 0.216 e. The SMILES string of the molecule is CNc1nc(C)cc(N2CCc3c(c(C)nn3CC34CCC(N(C)C(O)OC(C)(C)C)(CC3)CC4)C2)c1C=N. The minimum absolute atomic E-state index is 0.0217. The van der Waals surface area contributed by atoms with Crippen LogP contribution >= 0.6 is 0 Å². The Morgan fingerprint density at radius 1 is 1.21 bits per heavy atom. The number of nitrogens with zero attached hydrogens (tertiary/aromatic N) is 5. The lowest BCUT2D eigenvalue weighted by atomic mass is 9.56. The molecule has 6 rings (SSSR count). The van der Waals surface area contributed by atoms with Gasteiger partial charge in [-0.1, -0.05) is 0 Å². The maximum absolute atomic E-state index is 10.8. The second kappa shape index (κ2) is 10.2. The van der Waals surface area contributed by atoms with Gasteiger partial charge in [0.15, 0.2) is 0 Å². The molecule has 39 heavy (non-hydrogen) atoms. The molecular formula is C30H47N7O2. The molecule has 0 saturated heterocycles. The number of rotatable bonds is 8. The molecule has 9 heteroatoms. The summed E-state index contributed by atoms with van der Waals surface area (Å²) in [6.07, 6.45) is 8.23. The minimum atomic E-state index is -0.874. The van der Waals surface area contributed by atoms with Gasteiger partial charge in [0.2, 0.25) is 6.41 Å². The number of hydrogen-bond donors (Lipinski definition) is 3. The number of nitrogens with one attached hydrogen (secondary N) is 2. The van der Waals surface area contributed by atoms with Crippen LogP contribution in [0.1, 0.15) is 87.5 Å². The number of aliphatic hydroxyl groups is 1. The van der Waals surface area contributed by atoms with Gasteiger partial charge in [-0.15, -0.1) is 0 Å². The van der Waals surface area contributed by atoms with Crippen molar-refractivity contribution in [2.45, 2.75) is 110 Å². The number of anilines is 2. The van der Waals surface area contributed by atoms with E-state index >= 15 is 0 Å². The zero-order valence-corrected chi connectivity index (χ0v) is 24.9. The summed E-state index contributed by atoms with van der Waals surface area (Å²) >= 11 is 0. The van der Waals surface area contributed by atoms with Crippen LogP contribution in [0.4, 0.5) is 11.5 Å². The molecule has 2 aromatic heterocycles. The van der Waals surface area contributed by atoms with Gasteiger partial charge >= 0.3 is 0 Å². The number of aliphatic hydroxyl groups excluding tert-OH is 1. The molecule has 2 aromatic rings. The van der Waals surface area contributed by atoms with E-state index in [1.54, 1.807) is 0 Å². The molecule has 3 aliphatic carbocycles. The van der Waals surface area contributed by atoms with Crippen molar-refractivity contribution in [1.82, 2.24) is 19.7 Å². The average molecular weight is 538 g/mol. The van der Waals surface area contributed by atoms with Crippen LogP contribution in [-0.4, -0.2) is 69.2 Å². The highest BCUT2D eigenvalue weighted by Gasteiger charge is 2.52. The number of pyridine rings is 1. The van der Waals surface area contributed by atoms with Gasteiger partial charge in [0.1, 0.15) is 5.82 Å². The van der Waals surface area contributed by atoms with Crippen LogP contribution in [0.25, 0.3) is 0 Å². The Balaban J connectivity index is 1.31. The smallest absolute Gasteiger partial charge is 0.216 e. The molecule has 3 fully saturated rings. The third kappa shape index (κ3) is 5.21. The van der Waals surface area contributed by atoms with Crippen molar-refractivity contribution in [2.75, 3.05) is 30.9 Å². The summed E-state index contributed by atoms with van der Waals surface area (Å²) in [5.41, 5.74) is 6.60. The van der Waals surface area contributed by atoms with E-state index in [-0.39, 0.29) is 16.6 Å². The second-order valence-electron chi connectivity index (χ2n) is 13.2. The summed E-state index contributed by atoms with van der Waals surface area (Å²) in [7, 11) is 3.89. The molecule has 214 valence electrons. The molecule has 3 N–H and O–H groups in total. The van der Waals surface area contributed by atoms with Crippen molar-refractivity contribution in [3.63, 3.8) is 0 Å². The number of aryl methyl sites for hydroxylation is 2. The lowest BCUT2D eigenvalue weighted by Gasteiger charge is -2.57. The fraction of sp³-hybridized carbons (Fsp3) is 0.700. The summed E-state index contributed by atoms with van der Waals surface area (Å²) in [4.78, 5) is 9.06. The third-order valence-corrected chi connectivity index (χ3v) is 9.61. The normalized spacial score (nSPS) is 25.6. The summed E-state index contributed by atoms with van der Waals surface area (Å²) in [5, 5.41) is 27.1. The minimum Gasteiger partial charge on any atom is -0.373 e. The molecule has 0 radical (unpaired) electrons. The number of aromatic nitrogens is 3. The summed E-state index contributed by atoms with van der Waals surface area (Å²) in [6.45, 7) is 12.8. The lowest BCUT2D eigenvalue weighted by molar-refractivity contribution is -0.267. The Kier molecular flexibility index (Phi) is 7.31. The Labute approximate surface area is 233 Å². The van der Waals surface area contributed by atoms with Gasteiger partial charge in [0, 0.05) is 61.8 Å². The van der Waals surface area contributed by atoms with Crippen LogP contribution in [0.15, 0.2) is 6.07 Å². The molecule has 0 aromatic carbocycles. The van der Waals surface area contributed by atoms with E-state index in [2.05, 4.69) is 37.8 Å². The van der Waals surface area contributed by atoms with E-state index < -0.39 is 6.41 Å². The van der Waals surface area contributed by atoms with Crippen LogP contribution in [0.2, 0.25) is 0 Å². The van der Waals surface area contributed by atoms with Crippen molar-refractivity contribution >= 4 is 17.7 Å². The van der Waals surface area contributed by atoms with Crippen LogP contribution < -0.4 is 10.2 Å². The topological polar surface area (TPSA) is 103 Å². The first-order chi connectivity index (χ1) is 18.4. The maximum atomic E-state index is 10.8. The van der Waals surface area contributed by atoms with Crippen LogP contribution in [0.3, 0.4) is 0 Å². The molecule has 9 nitrogen and oxygen atoms in total. The number of ether oxygens (including phenoxy) is 1. The van der Waals surface area contributed by atoms with Crippen LogP contribution in [0.5, 0.6) is 0 Å². The van der Waals surface area contributed by atoms with E-state index in [0.29, 0.717) is 0 Å². The molecule has 0 spiro atoms. The highest BCUT2D eigenvalue weighted by atomic mass is 16.6. The lowest BCUT2D eigenvalue weighted by Crippen LogP contribution is -2.60. The number of hydrogen-bond acceptors (Lipinski definition) is 8. The van der Waals surface area contributed by atoms with Crippen LogP contribution in [0, 0.1) is 24.7 Å². The summed E-state index contributed by atoms with van der Waals surface area (Å²) in [6, 6.07) is 2.10. The first kappa shape index (κ1) is 28.1. The van der Waals surface area contributed by atoms with E-state index in [1.807, 2.05) is 41.8 Å². The Morgan fingerprint density at radius 3 is 2.46 bits per heavy atom. The molecule has 0 amide bonds. The molecular weight excluding hydrogens is 490 g/mol. The van der Waals surface area contributed by atoms with Crippen LogP contribution in [-0.2, 0) is 24.2 Å². The van der Waals surface area contributed by atoms with Crippen molar-refractivity contribution in [3.05, 3.63) is 34.3 Å². The molecule has 3 heterocycles. The van der Waals surface area contributed by atoms with Gasteiger partial charge in [-0.3, -0.25) is 9.58 Å². The molecule has 2 bridgehead atoms. The molecule has 1 unspecified atom stereocenters. The fourth-order valence-electron chi connectivity index (χ4n) is 7.22. The average Bonchev–Trinajstić information content (AvgIpc) is 3.21. The Hall–Kier alpha value is -2.49. The largest absolute Gasteiger partial charge is 0.373 e. The molecule has 4 aliphatic rings. The standard InChI is InChI=1S/C30H47N7O2/c1-20-16-25(22(17-31)26(32-6)33-20)36-15-8-24-23(18-36)21(2)34-37(24)19-29-9-12-30(13-10-29,14-11-29)35(7)27(38)39-28(3,4)5/h16-17,27,31,38H,8-15,18-19H2,1-7H3,(H,32,33). The van der Waals surface area contributed by atoms with E-state index in [9.17, 15) is 5.11 Å². The van der Waals surface area contributed by atoms with E-state index in [1.165, 1.54) is 17.5 Å². The predicted octanol–water partition coefficient (Wildman–Crippen LogP) is 4.61. The first-order valence-electron chi connectivity index (χ1n) is 14.5. The zero-order valence-electron chi connectivity index (χ0n) is 24.9. The molecule has 3 saturated carbocycles. The highest BCUT2D eigenvalue weighted by Crippen LogP contribution is 2.55. The van der Waals surface area contributed by atoms with Crippen molar-refractivity contribution in [1.29, 1.82) is 5.41 Å². The van der Waals surface area contributed by atoms with Gasteiger partial charge in [-0.2, -0.15) is 5.10 Å². The van der Waals surface area contributed by atoms with Crippen molar-refractivity contribution in [3.8, 4) is 0 Å².